The van der Waals surface area contributed by atoms with Crippen molar-refractivity contribution >= 4 is 5.91 Å². The molecule has 1 N–H and O–H groups in total. The molecule has 0 saturated carbocycles. The lowest BCUT2D eigenvalue weighted by atomic mass is 9.95. The molecule has 1 unspecified atom stereocenters. The number of hydrogen-bond acceptors (Lipinski definition) is 6. The summed E-state index contributed by atoms with van der Waals surface area (Å²) in [6.45, 7) is 0.193. The van der Waals surface area contributed by atoms with Crippen LogP contribution in [0.4, 0.5) is 13.2 Å². The van der Waals surface area contributed by atoms with Crippen LogP contribution in [0.1, 0.15) is 17.4 Å². The second kappa shape index (κ2) is 10.2. The highest BCUT2D eigenvalue weighted by molar-refractivity contribution is 5.82. The monoisotopic (exact) mass is 467 g/mol. The Morgan fingerprint density at radius 3 is 2.36 bits per heavy atom. The smallest absolute Gasteiger partial charge is 0.368 e. The number of halogens is 3. The van der Waals surface area contributed by atoms with Crippen LogP contribution in [0.5, 0.6) is 0 Å². The van der Waals surface area contributed by atoms with Crippen molar-refractivity contribution in [2.45, 2.75) is 49.7 Å². The standard InChI is InChI=1S/C23H24F3NO6/c1-29-21-17(27-22(28)23(24,25)26)19(30-12-14-8-4-2-5-9-14)18-16(32-21)13-31-20(33-18)15-10-6-3-7-11-15/h2-11,16-21H,12-13H2,1H3,(H,27,28)/t16-,17-,18-,19-,20?,21+/m1/s1. The van der Waals surface area contributed by atoms with Gasteiger partial charge in [-0.25, -0.2) is 0 Å². The van der Waals surface area contributed by atoms with Crippen molar-refractivity contribution in [3.8, 4) is 0 Å². The Morgan fingerprint density at radius 1 is 1.06 bits per heavy atom. The molecule has 0 radical (unpaired) electrons. The molecule has 2 aromatic rings. The van der Waals surface area contributed by atoms with Crippen LogP contribution >= 0.6 is 0 Å². The van der Waals surface area contributed by atoms with Crippen LogP contribution in [0.2, 0.25) is 0 Å². The number of methoxy groups -OCH3 is 1. The predicted octanol–water partition coefficient (Wildman–Crippen LogP) is 3.10. The van der Waals surface area contributed by atoms with E-state index in [4.69, 9.17) is 23.7 Å². The van der Waals surface area contributed by atoms with Gasteiger partial charge in [-0.3, -0.25) is 4.79 Å². The van der Waals surface area contributed by atoms with Gasteiger partial charge < -0.3 is 29.0 Å². The molecule has 2 aliphatic heterocycles. The summed E-state index contributed by atoms with van der Waals surface area (Å²) < 4.78 is 68.1. The van der Waals surface area contributed by atoms with Crippen molar-refractivity contribution in [2.75, 3.05) is 13.7 Å². The lowest BCUT2D eigenvalue weighted by molar-refractivity contribution is -0.347. The number of carbonyl (C=O) groups excluding carboxylic acids is 1. The summed E-state index contributed by atoms with van der Waals surface area (Å²) in [5.41, 5.74) is 1.55. The second-order valence-electron chi connectivity index (χ2n) is 7.71. The van der Waals surface area contributed by atoms with Crippen molar-refractivity contribution < 1.29 is 41.7 Å². The van der Waals surface area contributed by atoms with Gasteiger partial charge >= 0.3 is 12.1 Å². The number of fused-ring (bicyclic) bond motifs is 1. The molecule has 10 heteroatoms. The Balaban J connectivity index is 1.61. The molecular weight excluding hydrogens is 443 g/mol. The highest BCUT2D eigenvalue weighted by Gasteiger charge is 2.53. The Bertz CT molecular complexity index is 913. The van der Waals surface area contributed by atoms with Gasteiger partial charge in [0.15, 0.2) is 12.6 Å². The Morgan fingerprint density at radius 2 is 1.73 bits per heavy atom. The van der Waals surface area contributed by atoms with Gasteiger partial charge in [-0.15, -0.1) is 0 Å². The van der Waals surface area contributed by atoms with E-state index in [1.54, 1.807) is 0 Å². The largest absolute Gasteiger partial charge is 0.471 e. The summed E-state index contributed by atoms with van der Waals surface area (Å²) in [5, 5.41) is 1.97. The first-order chi connectivity index (χ1) is 15.9. The number of carbonyl (C=O) groups is 1. The molecule has 2 aliphatic rings. The topological polar surface area (TPSA) is 75.2 Å². The molecule has 0 aromatic heterocycles. The molecular formula is C23H24F3NO6. The SMILES string of the molecule is CO[C@H]1O[C@@H]2COC(c3ccccc3)O[C@H]2[C@H](OCc2ccccc2)[C@H]1NC(=O)C(F)(F)F. The van der Waals surface area contributed by atoms with E-state index >= 15 is 0 Å². The maximum absolute atomic E-state index is 13.0. The van der Waals surface area contributed by atoms with E-state index in [9.17, 15) is 18.0 Å². The molecule has 1 amide bonds. The van der Waals surface area contributed by atoms with Crippen LogP contribution in [-0.2, 0) is 35.1 Å². The fourth-order valence-corrected chi connectivity index (χ4v) is 3.90. The molecule has 4 rings (SSSR count). The minimum absolute atomic E-state index is 0.0871. The second-order valence-corrected chi connectivity index (χ2v) is 7.71. The van der Waals surface area contributed by atoms with Gasteiger partial charge in [-0.2, -0.15) is 13.2 Å². The molecule has 6 atom stereocenters. The van der Waals surface area contributed by atoms with Gasteiger partial charge in [0.2, 0.25) is 0 Å². The van der Waals surface area contributed by atoms with Crippen LogP contribution in [0.3, 0.4) is 0 Å². The van der Waals surface area contributed by atoms with Crippen LogP contribution in [0, 0.1) is 0 Å². The first-order valence-electron chi connectivity index (χ1n) is 10.4. The summed E-state index contributed by atoms with van der Waals surface area (Å²) >= 11 is 0. The van der Waals surface area contributed by atoms with Crippen molar-refractivity contribution in [1.82, 2.24) is 5.32 Å². The van der Waals surface area contributed by atoms with Crippen molar-refractivity contribution in [1.29, 1.82) is 0 Å². The lowest BCUT2D eigenvalue weighted by Gasteiger charge is -2.49. The fraction of sp³-hybridized carbons (Fsp3) is 0.435. The van der Waals surface area contributed by atoms with Crippen molar-refractivity contribution in [2.24, 2.45) is 0 Å². The van der Waals surface area contributed by atoms with Gasteiger partial charge in [-0.05, 0) is 5.56 Å². The van der Waals surface area contributed by atoms with Gasteiger partial charge in [0.1, 0.15) is 24.4 Å². The van der Waals surface area contributed by atoms with E-state index in [2.05, 4.69) is 0 Å². The minimum atomic E-state index is -5.08. The summed E-state index contributed by atoms with van der Waals surface area (Å²) in [7, 11) is 1.28. The fourth-order valence-electron chi connectivity index (χ4n) is 3.90. The van der Waals surface area contributed by atoms with E-state index in [0.29, 0.717) is 0 Å². The quantitative estimate of drug-likeness (QED) is 0.704. The molecule has 0 spiro atoms. The molecule has 0 bridgehead atoms. The van der Waals surface area contributed by atoms with E-state index in [0.717, 1.165) is 11.1 Å². The number of nitrogens with one attached hydrogen (secondary N) is 1. The summed E-state index contributed by atoms with van der Waals surface area (Å²) in [5.74, 6) is -2.11. The predicted molar refractivity (Wildman–Crippen MR) is 109 cm³/mol. The van der Waals surface area contributed by atoms with Crippen LogP contribution in [-0.4, -0.2) is 56.4 Å². The lowest BCUT2D eigenvalue weighted by Crippen LogP contribution is -2.68. The van der Waals surface area contributed by atoms with Gasteiger partial charge in [-0.1, -0.05) is 60.7 Å². The van der Waals surface area contributed by atoms with Crippen molar-refractivity contribution in [3.63, 3.8) is 0 Å². The highest BCUT2D eigenvalue weighted by Crippen LogP contribution is 2.36. The number of benzene rings is 2. The number of hydrogen-bond donors (Lipinski definition) is 1. The number of ether oxygens (including phenoxy) is 5. The van der Waals surface area contributed by atoms with E-state index < -0.39 is 49.0 Å². The summed E-state index contributed by atoms with van der Waals surface area (Å²) in [6.07, 6.45) is -9.54. The molecule has 2 heterocycles. The summed E-state index contributed by atoms with van der Waals surface area (Å²) in [4.78, 5) is 11.8. The van der Waals surface area contributed by atoms with Crippen LogP contribution in [0.15, 0.2) is 60.7 Å². The van der Waals surface area contributed by atoms with E-state index in [1.807, 2.05) is 66.0 Å². The molecule has 2 saturated heterocycles. The Labute approximate surface area is 188 Å². The van der Waals surface area contributed by atoms with Gasteiger partial charge in [0.25, 0.3) is 0 Å². The highest BCUT2D eigenvalue weighted by atomic mass is 19.4. The van der Waals surface area contributed by atoms with E-state index in [1.165, 1.54) is 7.11 Å². The molecule has 178 valence electrons. The number of rotatable bonds is 6. The van der Waals surface area contributed by atoms with E-state index in [-0.39, 0.29) is 13.2 Å². The third kappa shape index (κ3) is 5.53. The molecule has 7 nitrogen and oxygen atoms in total. The molecule has 33 heavy (non-hydrogen) atoms. The normalized spacial score (nSPS) is 29.8. The Hall–Kier alpha value is -2.50. The summed E-state index contributed by atoms with van der Waals surface area (Å²) in [6, 6.07) is 17.0. The zero-order chi connectivity index (χ0) is 23.4. The van der Waals surface area contributed by atoms with Crippen LogP contribution in [0.25, 0.3) is 0 Å². The zero-order valence-corrected chi connectivity index (χ0v) is 17.7. The zero-order valence-electron chi connectivity index (χ0n) is 17.7. The van der Waals surface area contributed by atoms with Gasteiger partial charge in [0, 0.05) is 12.7 Å². The van der Waals surface area contributed by atoms with Crippen LogP contribution < -0.4 is 5.32 Å². The minimum Gasteiger partial charge on any atom is -0.368 e. The maximum atomic E-state index is 13.0. The Kier molecular flexibility index (Phi) is 7.30. The molecule has 0 aliphatic carbocycles. The first-order valence-corrected chi connectivity index (χ1v) is 10.4. The number of amides is 1. The number of alkyl halides is 3. The maximum Gasteiger partial charge on any atom is 0.471 e. The third-order valence-corrected chi connectivity index (χ3v) is 5.48. The third-order valence-electron chi connectivity index (χ3n) is 5.48. The first kappa shape index (κ1) is 23.7. The molecule has 2 fully saturated rings. The average Bonchev–Trinajstić information content (AvgIpc) is 2.83. The van der Waals surface area contributed by atoms with Crippen molar-refractivity contribution in [3.05, 3.63) is 71.8 Å². The molecule has 2 aromatic carbocycles. The van der Waals surface area contributed by atoms with Gasteiger partial charge in [0.05, 0.1) is 13.2 Å². The average molecular weight is 467 g/mol.